The van der Waals surface area contributed by atoms with Gasteiger partial charge < -0.3 is 9.64 Å². The molecule has 6 heteroatoms. The first-order valence-corrected chi connectivity index (χ1v) is 12.4. The summed E-state index contributed by atoms with van der Waals surface area (Å²) in [5.41, 5.74) is 2.45. The number of rotatable bonds is 5. The fourth-order valence-electron chi connectivity index (χ4n) is 5.16. The predicted molar refractivity (Wildman–Crippen MR) is 109 cm³/mol. The molecule has 0 bridgehead atoms. The summed E-state index contributed by atoms with van der Waals surface area (Å²) in [7, 11) is -2.74. The van der Waals surface area contributed by atoms with Crippen LogP contribution in [0.4, 0.5) is 0 Å². The molecular weight excluding hydrogens is 382 g/mol. The number of likely N-dealkylation sites (tertiary alicyclic amines) is 1. The number of hydrogen-bond donors (Lipinski definition) is 0. The van der Waals surface area contributed by atoms with Gasteiger partial charge in [-0.3, -0.25) is 0 Å². The lowest BCUT2D eigenvalue weighted by Gasteiger charge is -2.37. The van der Waals surface area contributed by atoms with Crippen molar-refractivity contribution in [2.45, 2.75) is 45.1 Å². The Bertz CT molecular complexity index is 777. The summed E-state index contributed by atoms with van der Waals surface area (Å²) in [6.07, 6.45) is 5.58. The number of hydrogen-bond acceptors (Lipinski definition) is 4. The molecule has 1 aromatic carbocycles. The van der Waals surface area contributed by atoms with Crippen molar-refractivity contribution in [3.8, 4) is 0 Å². The zero-order valence-corrected chi connectivity index (χ0v) is 17.7. The third kappa shape index (κ3) is 4.52. The second kappa shape index (κ2) is 7.66. The van der Waals surface area contributed by atoms with Crippen LogP contribution in [0.5, 0.6) is 0 Å². The van der Waals surface area contributed by atoms with Crippen molar-refractivity contribution in [2.75, 3.05) is 37.7 Å². The Morgan fingerprint density at radius 2 is 2.15 bits per heavy atom. The van der Waals surface area contributed by atoms with Gasteiger partial charge in [0.1, 0.15) is 0 Å². The van der Waals surface area contributed by atoms with Gasteiger partial charge in [-0.1, -0.05) is 30.7 Å². The highest BCUT2D eigenvalue weighted by Crippen LogP contribution is 2.41. The molecule has 3 heterocycles. The molecule has 150 valence electrons. The largest absolute Gasteiger partial charge is 0.373 e. The van der Waals surface area contributed by atoms with Gasteiger partial charge in [0.2, 0.25) is 0 Å². The van der Waals surface area contributed by atoms with E-state index in [2.05, 4.69) is 30.0 Å². The summed E-state index contributed by atoms with van der Waals surface area (Å²) in [5, 5.41) is 0.825. The standard InChI is InChI=1S/C21H30ClNO3S/c1-16(12-23-8-7-21(13-23)14-27(24,25)15-21)10-17-5-6-18(19(22)11-17)20-4-2-3-9-26-20/h5-6,11,16,20H,2-4,7-10,12-15H2,1H3/t16?,20-/m1/s1. The molecule has 0 aliphatic carbocycles. The summed E-state index contributed by atoms with van der Waals surface area (Å²) < 4.78 is 29.0. The van der Waals surface area contributed by atoms with E-state index in [1.807, 2.05) is 0 Å². The van der Waals surface area contributed by atoms with E-state index >= 15 is 0 Å². The lowest BCUT2D eigenvalue weighted by atomic mass is 9.91. The maximum absolute atomic E-state index is 11.6. The van der Waals surface area contributed by atoms with Crippen LogP contribution in [-0.4, -0.2) is 51.1 Å². The Morgan fingerprint density at radius 3 is 2.81 bits per heavy atom. The maximum Gasteiger partial charge on any atom is 0.151 e. The molecule has 4 rings (SSSR count). The zero-order valence-electron chi connectivity index (χ0n) is 16.1. The molecule has 27 heavy (non-hydrogen) atoms. The van der Waals surface area contributed by atoms with E-state index < -0.39 is 9.84 Å². The van der Waals surface area contributed by atoms with Gasteiger partial charge in [-0.25, -0.2) is 8.42 Å². The van der Waals surface area contributed by atoms with Crippen LogP contribution in [0.25, 0.3) is 0 Å². The number of sulfone groups is 1. The van der Waals surface area contributed by atoms with E-state index in [1.54, 1.807) is 0 Å². The average Bonchev–Trinajstić information content (AvgIpc) is 2.97. The molecule has 0 saturated carbocycles. The number of benzene rings is 1. The Hall–Kier alpha value is -0.620. The second-order valence-electron chi connectivity index (χ2n) is 9.04. The lowest BCUT2D eigenvalue weighted by Crippen LogP contribution is -2.50. The summed E-state index contributed by atoms with van der Waals surface area (Å²) in [5.74, 6) is 1.31. The molecule has 3 aliphatic rings. The van der Waals surface area contributed by atoms with Crippen LogP contribution >= 0.6 is 11.6 Å². The number of nitrogens with zero attached hydrogens (tertiary/aromatic N) is 1. The SMILES string of the molecule is CC(Cc1ccc([C@H]2CCCCO2)c(Cl)c1)CN1CCC2(C1)CS(=O)(=O)C2. The number of ether oxygens (including phenoxy) is 1. The smallest absolute Gasteiger partial charge is 0.151 e. The van der Waals surface area contributed by atoms with E-state index in [0.717, 1.165) is 62.5 Å². The van der Waals surface area contributed by atoms with Gasteiger partial charge in [-0.05, 0) is 61.8 Å². The molecule has 0 radical (unpaired) electrons. The molecule has 1 aromatic rings. The molecule has 1 unspecified atom stereocenters. The summed E-state index contributed by atoms with van der Waals surface area (Å²) in [6, 6.07) is 6.44. The topological polar surface area (TPSA) is 46.6 Å². The average molecular weight is 412 g/mol. The van der Waals surface area contributed by atoms with Crippen LogP contribution in [0, 0.1) is 11.3 Å². The molecular formula is C21H30ClNO3S. The van der Waals surface area contributed by atoms with E-state index in [0.29, 0.717) is 17.4 Å². The van der Waals surface area contributed by atoms with Crippen molar-refractivity contribution in [3.05, 3.63) is 34.3 Å². The quantitative estimate of drug-likeness (QED) is 0.737. The molecule has 4 nitrogen and oxygen atoms in total. The van der Waals surface area contributed by atoms with Crippen molar-refractivity contribution in [3.63, 3.8) is 0 Å². The summed E-state index contributed by atoms with van der Waals surface area (Å²) in [4.78, 5) is 2.45. The third-order valence-electron chi connectivity index (χ3n) is 6.32. The van der Waals surface area contributed by atoms with Crippen molar-refractivity contribution in [1.82, 2.24) is 4.90 Å². The molecule has 1 spiro atoms. The van der Waals surface area contributed by atoms with Crippen LogP contribution in [0.1, 0.15) is 49.8 Å². The normalized spacial score (nSPS) is 28.1. The van der Waals surface area contributed by atoms with E-state index in [4.69, 9.17) is 16.3 Å². The first kappa shape index (κ1) is 19.7. The highest BCUT2D eigenvalue weighted by molar-refractivity contribution is 7.92. The summed E-state index contributed by atoms with van der Waals surface area (Å²) >= 11 is 6.56. The fraction of sp³-hybridized carbons (Fsp3) is 0.714. The van der Waals surface area contributed by atoms with Gasteiger partial charge in [-0.2, -0.15) is 0 Å². The van der Waals surface area contributed by atoms with Crippen molar-refractivity contribution in [1.29, 1.82) is 0 Å². The van der Waals surface area contributed by atoms with Gasteiger partial charge in [-0.15, -0.1) is 0 Å². The van der Waals surface area contributed by atoms with Gasteiger partial charge in [0.25, 0.3) is 0 Å². The second-order valence-corrected chi connectivity index (χ2v) is 11.5. The fourth-order valence-corrected chi connectivity index (χ4v) is 7.74. The highest BCUT2D eigenvalue weighted by atomic mass is 35.5. The molecule has 2 atom stereocenters. The molecule has 3 fully saturated rings. The van der Waals surface area contributed by atoms with Crippen LogP contribution in [0.2, 0.25) is 5.02 Å². The van der Waals surface area contributed by atoms with Gasteiger partial charge >= 0.3 is 0 Å². The van der Waals surface area contributed by atoms with Crippen LogP contribution in [0.3, 0.4) is 0 Å². The Kier molecular flexibility index (Phi) is 5.58. The molecule has 0 amide bonds. The van der Waals surface area contributed by atoms with Crippen molar-refractivity contribution >= 4 is 21.4 Å². The van der Waals surface area contributed by atoms with E-state index in [1.165, 1.54) is 12.0 Å². The van der Waals surface area contributed by atoms with Gasteiger partial charge in [0.05, 0.1) is 17.6 Å². The van der Waals surface area contributed by atoms with E-state index in [-0.39, 0.29) is 11.5 Å². The van der Waals surface area contributed by atoms with Crippen LogP contribution in [-0.2, 0) is 21.0 Å². The first-order valence-electron chi connectivity index (χ1n) is 10.2. The Morgan fingerprint density at radius 1 is 1.33 bits per heavy atom. The molecule has 0 aromatic heterocycles. The number of halogens is 1. The Labute approximate surface area is 168 Å². The van der Waals surface area contributed by atoms with Gasteiger partial charge in [0.15, 0.2) is 9.84 Å². The molecule has 0 N–H and O–H groups in total. The molecule has 3 aliphatic heterocycles. The molecule has 3 saturated heterocycles. The van der Waals surface area contributed by atoms with Crippen molar-refractivity contribution in [2.24, 2.45) is 11.3 Å². The highest BCUT2D eigenvalue weighted by Gasteiger charge is 2.51. The van der Waals surface area contributed by atoms with Crippen LogP contribution < -0.4 is 0 Å². The van der Waals surface area contributed by atoms with E-state index in [9.17, 15) is 8.42 Å². The monoisotopic (exact) mass is 411 g/mol. The Balaban J connectivity index is 1.31. The maximum atomic E-state index is 11.6. The van der Waals surface area contributed by atoms with Crippen LogP contribution in [0.15, 0.2) is 18.2 Å². The van der Waals surface area contributed by atoms with Gasteiger partial charge in [0, 0.05) is 30.1 Å². The minimum Gasteiger partial charge on any atom is -0.373 e. The predicted octanol–water partition coefficient (Wildman–Crippen LogP) is 3.88. The summed E-state index contributed by atoms with van der Waals surface area (Å²) in [6.45, 7) is 6.09. The third-order valence-corrected chi connectivity index (χ3v) is 8.75. The lowest BCUT2D eigenvalue weighted by molar-refractivity contribution is 0.0150. The minimum absolute atomic E-state index is 0.0590. The zero-order chi connectivity index (χ0) is 19.1. The van der Waals surface area contributed by atoms with Crippen molar-refractivity contribution < 1.29 is 13.2 Å². The first-order chi connectivity index (χ1) is 12.8. The minimum atomic E-state index is -2.74.